The molecule has 0 aromatic carbocycles. The minimum Gasteiger partial charge on any atom is -0.373 e. The molecule has 0 aromatic heterocycles. The minimum absolute atomic E-state index is 0.289. The zero-order valence-corrected chi connectivity index (χ0v) is 14.2. The summed E-state index contributed by atoms with van der Waals surface area (Å²) in [6, 6.07) is 0.678. The molecule has 2 atom stereocenters. The van der Waals surface area contributed by atoms with Gasteiger partial charge >= 0.3 is 0 Å². The first-order valence-corrected chi connectivity index (χ1v) is 9.05. The van der Waals surface area contributed by atoms with Gasteiger partial charge in [0.15, 0.2) is 5.96 Å². The van der Waals surface area contributed by atoms with Crippen LogP contribution in [0.1, 0.15) is 45.4 Å². The maximum Gasteiger partial charge on any atom is 0.191 e. The fourth-order valence-electron chi connectivity index (χ4n) is 4.04. The number of ether oxygens (including phenoxy) is 1. The molecule has 3 aliphatic rings. The fraction of sp³-hybridized carbons (Fsp3) is 0.941. The van der Waals surface area contributed by atoms with Crippen LogP contribution in [0, 0.1) is 5.41 Å². The second kappa shape index (κ2) is 7.18. The van der Waals surface area contributed by atoms with Crippen LogP contribution in [0.5, 0.6) is 0 Å². The van der Waals surface area contributed by atoms with Gasteiger partial charge in [-0.3, -0.25) is 9.89 Å². The maximum atomic E-state index is 6.00. The molecule has 0 radical (unpaired) electrons. The Kier molecular flexibility index (Phi) is 5.24. The highest BCUT2D eigenvalue weighted by Gasteiger charge is 2.35. The van der Waals surface area contributed by atoms with Gasteiger partial charge in [-0.1, -0.05) is 13.3 Å². The lowest BCUT2D eigenvalue weighted by atomic mass is 9.67. The number of morpholine rings is 1. The van der Waals surface area contributed by atoms with Crippen LogP contribution >= 0.6 is 0 Å². The van der Waals surface area contributed by atoms with Crippen molar-refractivity contribution in [3.63, 3.8) is 0 Å². The molecule has 5 nitrogen and oxygen atoms in total. The van der Waals surface area contributed by atoms with Crippen LogP contribution < -0.4 is 10.6 Å². The summed E-state index contributed by atoms with van der Waals surface area (Å²) in [5.41, 5.74) is 0.516. The lowest BCUT2D eigenvalue weighted by Gasteiger charge is -2.41. The van der Waals surface area contributed by atoms with Gasteiger partial charge < -0.3 is 15.4 Å². The van der Waals surface area contributed by atoms with Gasteiger partial charge in [-0.25, -0.2) is 0 Å². The lowest BCUT2D eigenvalue weighted by Crippen LogP contribution is -2.52. The molecule has 2 N–H and O–H groups in total. The van der Waals surface area contributed by atoms with Crippen molar-refractivity contribution < 1.29 is 4.74 Å². The van der Waals surface area contributed by atoms with Crippen molar-refractivity contribution in [3.05, 3.63) is 0 Å². The molecule has 3 rings (SSSR count). The van der Waals surface area contributed by atoms with E-state index in [9.17, 15) is 0 Å². The lowest BCUT2D eigenvalue weighted by molar-refractivity contribution is -0.0453. The number of nitrogens with zero attached hydrogens (tertiary/aromatic N) is 2. The van der Waals surface area contributed by atoms with E-state index in [1.807, 2.05) is 7.05 Å². The molecule has 1 aliphatic carbocycles. The predicted octanol–water partition coefficient (Wildman–Crippen LogP) is 1.59. The molecular formula is C17H32N4O. The largest absolute Gasteiger partial charge is 0.373 e. The smallest absolute Gasteiger partial charge is 0.191 e. The second-order valence-electron chi connectivity index (χ2n) is 7.26. The molecule has 22 heavy (non-hydrogen) atoms. The van der Waals surface area contributed by atoms with Crippen molar-refractivity contribution >= 4 is 5.96 Å². The van der Waals surface area contributed by atoms with Crippen LogP contribution in [-0.2, 0) is 4.74 Å². The van der Waals surface area contributed by atoms with E-state index in [4.69, 9.17) is 4.74 Å². The van der Waals surface area contributed by atoms with Gasteiger partial charge in [0.25, 0.3) is 0 Å². The molecule has 2 heterocycles. The number of hydrogen-bond donors (Lipinski definition) is 2. The summed E-state index contributed by atoms with van der Waals surface area (Å²) in [4.78, 5) is 6.95. The maximum absolute atomic E-state index is 6.00. The van der Waals surface area contributed by atoms with E-state index in [1.165, 1.54) is 45.1 Å². The zero-order valence-electron chi connectivity index (χ0n) is 14.2. The SMILES string of the molecule is CCC1(CNC(=NC)NCC2CN3CCCC3CO2)CCC1. The summed E-state index contributed by atoms with van der Waals surface area (Å²) in [5.74, 6) is 0.923. The van der Waals surface area contributed by atoms with E-state index >= 15 is 0 Å². The molecule has 2 saturated heterocycles. The van der Waals surface area contributed by atoms with E-state index in [1.54, 1.807) is 0 Å². The Balaban J connectivity index is 1.39. The van der Waals surface area contributed by atoms with E-state index in [-0.39, 0.29) is 6.10 Å². The summed E-state index contributed by atoms with van der Waals surface area (Å²) in [5, 5.41) is 6.97. The van der Waals surface area contributed by atoms with Crippen molar-refractivity contribution in [3.8, 4) is 0 Å². The number of aliphatic imine (C=N–C) groups is 1. The van der Waals surface area contributed by atoms with Gasteiger partial charge in [-0.15, -0.1) is 0 Å². The first kappa shape index (κ1) is 16.1. The molecule has 2 aliphatic heterocycles. The normalized spacial score (nSPS) is 31.5. The standard InChI is InChI=1S/C17H32N4O/c1-3-17(7-5-8-17)13-20-16(18-2)19-10-15-11-21-9-4-6-14(21)12-22-15/h14-15H,3-13H2,1-2H3,(H2,18,19,20). The Hall–Kier alpha value is -0.810. The highest BCUT2D eigenvalue weighted by atomic mass is 16.5. The molecular weight excluding hydrogens is 276 g/mol. The van der Waals surface area contributed by atoms with Crippen LogP contribution in [0.4, 0.5) is 0 Å². The number of rotatable bonds is 5. The monoisotopic (exact) mass is 308 g/mol. The molecule has 1 saturated carbocycles. The zero-order chi connectivity index (χ0) is 15.4. The number of guanidine groups is 1. The average Bonchev–Trinajstić information content (AvgIpc) is 2.97. The Labute approximate surface area is 134 Å². The third kappa shape index (κ3) is 3.57. The summed E-state index contributed by atoms with van der Waals surface area (Å²) >= 11 is 0. The second-order valence-corrected chi connectivity index (χ2v) is 7.26. The summed E-state index contributed by atoms with van der Waals surface area (Å²) < 4.78 is 6.00. The van der Waals surface area contributed by atoms with Crippen molar-refractivity contribution in [2.75, 3.05) is 39.8 Å². The summed E-state index contributed by atoms with van der Waals surface area (Å²) in [6.07, 6.45) is 8.29. The van der Waals surface area contributed by atoms with Gasteiger partial charge in [-0.05, 0) is 44.1 Å². The third-order valence-electron chi connectivity index (χ3n) is 5.98. The quantitative estimate of drug-likeness (QED) is 0.598. The Bertz CT molecular complexity index is 389. The van der Waals surface area contributed by atoms with E-state index < -0.39 is 0 Å². The van der Waals surface area contributed by atoms with Crippen LogP contribution in [0.25, 0.3) is 0 Å². The first-order valence-electron chi connectivity index (χ1n) is 9.05. The summed E-state index contributed by atoms with van der Waals surface area (Å²) in [6.45, 7) is 7.41. The number of nitrogens with one attached hydrogen (secondary N) is 2. The van der Waals surface area contributed by atoms with Crippen LogP contribution in [0.2, 0.25) is 0 Å². The molecule has 0 spiro atoms. The van der Waals surface area contributed by atoms with Gasteiger partial charge in [-0.2, -0.15) is 0 Å². The first-order chi connectivity index (χ1) is 10.7. The van der Waals surface area contributed by atoms with Gasteiger partial charge in [0, 0.05) is 32.7 Å². The van der Waals surface area contributed by atoms with E-state index in [0.29, 0.717) is 11.5 Å². The predicted molar refractivity (Wildman–Crippen MR) is 90.3 cm³/mol. The fourth-order valence-corrected chi connectivity index (χ4v) is 4.04. The van der Waals surface area contributed by atoms with Gasteiger partial charge in [0.1, 0.15) is 0 Å². The molecule has 2 unspecified atom stereocenters. The van der Waals surface area contributed by atoms with Gasteiger partial charge in [0.05, 0.1) is 12.7 Å². The average molecular weight is 308 g/mol. The third-order valence-corrected chi connectivity index (χ3v) is 5.98. The van der Waals surface area contributed by atoms with Crippen LogP contribution in [-0.4, -0.2) is 62.8 Å². The minimum atomic E-state index is 0.289. The summed E-state index contributed by atoms with van der Waals surface area (Å²) in [7, 11) is 1.85. The van der Waals surface area contributed by atoms with E-state index in [0.717, 1.165) is 32.2 Å². The van der Waals surface area contributed by atoms with E-state index in [2.05, 4.69) is 27.4 Å². The molecule has 0 aromatic rings. The van der Waals surface area contributed by atoms with Crippen LogP contribution in [0.15, 0.2) is 4.99 Å². The molecule has 0 amide bonds. The van der Waals surface area contributed by atoms with Gasteiger partial charge in [0.2, 0.25) is 0 Å². The van der Waals surface area contributed by atoms with Crippen molar-refractivity contribution in [1.82, 2.24) is 15.5 Å². The van der Waals surface area contributed by atoms with Crippen molar-refractivity contribution in [1.29, 1.82) is 0 Å². The number of fused-ring (bicyclic) bond motifs is 1. The topological polar surface area (TPSA) is 48.9 Å². The molecule has 3 fully saturated rings. The molecule has 5 heteroatoms. The van der Waals surface area contributed by atoms with Crippen molar-refractivity contribution in [2.45, 2.75) is 57.6 Å². The Morgan fingerprint density at radius 1 is 1.32 bits per heavy atom. The number of hydrogen-bond acceptors (Lipinski definition) is 3. The molecule has 0 bridgehead atoms. The highest BCUT2D eigenvalue weighted by molar-refractivity contribution is 5.79. The van der Waals surface area contributed by atoms with Crippen molar-refractivity contribution in [2.24, 2.45) is 10.4 Å². The Morgan fingerprint density at radius 2 is 2.18 bits per heavy atom. The Morgan fingerprint density at radius 3 is 2.86 bits per heavy atom. The van der Waals surface area contributed by atoms with Crippen LogP contribution in [0.3, 0.4) is 0 Å². The highest BCUT2D eigenvalue weighted by Crippen LogP contribution is 2.42. The molecule has 126 valence electrons.